The first-order chi connectivity index (χ1) is 16.8. The third-order valence-electron chi connectivity index (χ3n) is 5.84. The van der Waals surface area contributed by atoms with Gasteiger partial charge in [0.1, 0.15) is 12.6 Å². The summed E-state index contributed by atoms with van der Waals surface area (Å²) in [5, 5.41) is 23.5. The predicted octanol–water partition coefficient (Wildman–Crippen LogP) is 4.24. The van der Waals surface area contributed by atoms with E-state index in [0.717, 1.165) is 28.3 Å². The third-order valence-corrected chi connectivity index (χ3v) is 5.84. The number of amides is 2. The molecule has 180 valence electrons. The highest BCUT2D eigenvalue weighted by Crippen LogP contribution is 2.44. The van der Waals surface area contributed by atoms with Crippen molar-refractivity contribution >= 4 is 23.7 Å². The average molecular weight is 478 g/mol. The van der Waals surface area contributed by atoms with Gasteiger partial charge in [-0.3, -0.25) is 9.59 Å². The number of ether oxygens (including phenoxy) is 1. The van der Waals surface area contributed by atoms with Gasteiger partial charge in [-0.1, -0.05) is 54.6 Å². The fraction of sp³-hybridized carbons (Fsp3) is 0.192. The van der Waals surface area contributed by atoms with Crippen LogP contribution in [0.4, 0.5) is 14.9 Å². The normalized spacial score (nSPS) is 12.8. The highest BCUT2D eigenvalue weighted by atomic mass is 19.1. The first kappa shape index (κ1) is 23.7. The number of benzene rings is 3. The quantitative estimate of drug-likeness (QED) is 0.359. The largest absolute Gasteiger partial charge is 0.503 e. The lowest BCUT2D eigenvalue weighted by Crippen LogP contribution is -2.44. The van der Waals surface area contributed by atoms with Gasteiger partial charge in [0.25, 0.3) is 0 Å². The molecule has 8 nitrogen and oxygen atoms in total. The van der Waals surface area contributed by atoms with Gasteiger partial charge in [-0.05, 0) is 40.8 Å². The number of anilines is 1. The van der Waals surface area contributed by atoms with Crippen LogP contribution in [0.5, 0.6) is 5.75 Å². The number of aliphatic carboxylic acids is 1. The predicted molar refractivity (Wildman–Crippen MR) is 126 cm³/mol. The number of carbonyl (C=O) groups excluding carboxylic acids is 2. The molecular formula is C26H23FN2O6. The van der Waals surface area contributed by atoms with Crippen molar-refractivity contribution in [1.29, 1.82) is 0 Å². The number of halogens is 1. The van der Waals surface area contributed by atoms with Gasteiger partial charge in [0, 0.05) is 12.3 Å². The number of alkyl carbamates (subject to hydrolysis) is 1. The fourth-order valence-electron chi connectivity index (χ4n) is 4.16. The maximum absolute atomic E-state index is 13.6. The van der Waals surface area contributed by atoms with E-state index < -0.39 is 42.0 Å². The van der Waals surface area contributed by atoms with E-state index in [4.69, 9.17) is 9.84 Å². The molecule has 9 heteroatoms. The van der Waals surface area contributed by atoms with Crippen LogP contribution in [0.2, 0.25) is 0 Å². The summed E-state index contributed by atoms with van der Waals surface area (Å²) in [6, 6.07) is 17.9. The number of fused-ring (bicyclic) bond motifs is 3. The van der Waals surface area contributed by atoms with Crippen molar-refractivity contribution in [3.05, 3.63) is 83.7 Å². The minimum Gasteiger partial charge on any atom is -0.503 e. The first-order valence-electron chi connectivity index (χ1n) is 11.0. The number of hydrogen-bond donors (Lipinski definition) is 4. The zero-order valence-electron chi connectivity index (χ0n) is 18.5. The number of carboxylic acids is 1. The van der Waals surface area contributed by atoms with Crippen molar-refractivity contribution in [3.63, 3.8) is 0 Å². The zero-order valence-corrected chi connectivity index (χ0v) is 18.5. The summed E-state index contributed by atoms with van der Waals surface area (Å²) in [7, 11) is 0. The first-order valence-corrected chi connectivity index (χ1v) is 11.0. The van der Waals surface area contributed by atoms with Gasteiger partial charge in [0.15, 0.2) is 11.6 Å². The van der Waals surface area contributed by atoms with Gasteiger partial charge in [0.05, 0.1) is 5.69 Å². The van der Waals surface area contributed by atoms with E-state index in [0.29, 0.717) is 0 Å². The lowest BCUT2D eigenvalue weighted by Gasteiger charge is -2.19. The Kier molecular flexibility index (Phi) is 6.96. The van der Waals surface area contributed by atoms with Gasteiger partial charge in [-0.25, -0.2) is 9.18 Å². The lowest BCUT2D eigenvalue weighted by molar-refractivity contribution is -0.137. The molecule has 1 atom stereocenters. The Bertz CT molecular complexity index is 1230. The molecule has 1 unspecified atom stereocenters. The molecule has 3 aromatic carbocycles. The molecular weight excluding hydrogens is 455 g/mol. The Balaban J connectivity index is 1.44. The van der Waals surface area contributed by atoms with E-state index in [1.54, 1.807) is 0 Å². The van der Waals surface area contributed by atoms with Crippen molar-refractivity contribution in [2.75, 3.05) is 11.9 Å². The Morgan fingerprint density at radius 2 is 1.57 bits per heavy atom. The summed E-state index contributed by atoms with van der Waals surface area (Å²) < 4.78 is 19.0. The van der Waals surface area contributed by atoms with Crippen molar-refractivity contribution in [3.8, 4) is 16.9 Å². The molecule has 35 heavy (non-hydrogen) atoms. The fourth-order valence-corrected chi connectivity index (χ4v) is 4.16. The van der Waals surface area contributed by atoms with E-state index in [9.17, 15) is 23.9 Å². The monoisotopic (exact) mass is 478 g/mol. The minimum absolute atomic E-state index is 0.0117. The number of rotatable bonds is 8. The second-order valence-corrected chi connectivity index (χ2v) is 8.08. The van der Waals surface area contributed by atoms with Gasteiger partial charge in [0.2, 0.25) is 5.91 Å². The van der Waals surface area contributed by atoms with Crippen LogP contribution in [0.3, 0.4) is 0 Å². The maximum Gasteiger partial charge on any atom is 0.407 e. The number of phenolic OH excluding ortho intramolecular Hbond substituents is 1. The van der Waals surface area contributed by atoms with E-state index in [2.05, 4.69) is 10.6 Å². The van der Waals surface area contributed by atoms with E-state index in [1.165, 1.54) is 12.1 Å². The van der Waals surface area contributed by atoms with Crippen LogP contribution in [0.25, 0.3) is 11.1 Å². The molecule has 0 spiro atoms. The number of hydrogen-bond acceptors (Lipinski definition) is 5. The van der Waals surface area contributed by atoms with Crippen LogP contribution in [-0.4, -0.2) is 40.8 Å². The van der Waals surface area contributed by atoms with Crippen LogP contribution in [-0.2, 0) is 14.3 Å². The topological polar surface area (TPSA) is 125 Å². The van der Waals surface area contributed by atoms with Crippen LogP contribution in [0.15, 0.2) is 66.7 Å². The Hall–Kier alpha value is -4.40. The molecule has 0 saturated carbocycles. The van der Waals surface area contributed by atoms with E-state index >= 15 is 0 Å². The molecule has 0 saturated heterocycles. The molecule has 3 aromatic rings. The highest BCUT2D eigenvalue weighted by molar-refractivity contribution is 5.97. The summed E-state index contributed by atoms with van der Waals surface area (Å²) in [5.74, 6) is -3.87. The molecule has 4 N–H and O–H groups in total. The van der Waals surface area contributed by atoms with Crippen molar-refractivity contribution in [2.45, 2.75) is 24.8 Å². The Morgan fingerprint density at radius 1 is 0.943 bits per heavy atom. The number of aromatic hydroxyl groups is 1. The Morgan fingerprint density at radius 3 is 2.20 bits per heavy atom. The van der Waals surface area contributed by atoms with Gasteiger partial charge < -0.3 is 25.6 Å². The molecule has 0 aliphatic heterocycles. The van der Waals surface area contributed by atoms with E-state index in [-0.39, 0.29) is 24.6 Å². The maximum atomic E-state index is 13.6. The number of carbonyl (C=O) groups is 3. The molecule has 4 rings (SSSR count). The van der Waals surface area contributed by atoms with Crippen LogP contribution >= 0.6 is 0 Å². The molecule has 2 amide bonds. The number of nitrogens with one attached hydrogen (secondary N) is 2. The Labute approximate surface area is 200 Å². The average Bonchev–Trinajstić information content (AvgIpc) is 3.17. The SMILES string of the molecule is O=C(O)CCC(NC(=O)OCC1c2ccccc2-c2ccccc21)C(=O)Nc1cccc(F)c1O. The lowest BCUT2D eigenvalue weighted by atomic mass is 9.98. The zero-order chi connectivity index (χ0) is 24.9. The number of para-hydroxylation sites is 1. The standard InChI is InChI=1S/C26H23FN2O6/c27-20-10-5-11-21(24(20)32)28-25(33)22(12-13-23(30)31)29-26(34)35-14-19-17-8-3-1-6-15(17)16-7-2-4-9-18(16)19/h1-11,19,22,32H,12-14H2,(H,28,33)(H,29,34)(H,30,31). The summed E-state index contributed by atoms with van der Waals surface area (Å²) >= 11 is 0. The number of phenols is 1. The highest BCUT2D eigenvalue weighted by Gasteiger charge is 2.30. The molecule has 0 bridgehead atoms. The summed E-state index contributed by atoms with van der Waals surface area (Å²) in [4.78, 5) is 36.3. The van der Waals surface area contributed by atoms with Gasteiger partial charge in [-0.15, -0.1) is 0 Å². The number of carboxylic acid groups (broad SMARTS) is 1. The molecule has 1 aliphatic carbocycles. The minimum atomic E-state index is -1.29. The van der Waals surface area contributed by atoms with Crippen molar-refractivity contribution < 1.29 is 33.7 Å². The summed E-state index contributed by atoms with van der Waals surface area (Å²) in [6.45, 7) is 0.0117. The van der Waals surface area contributed by atoms with Crippen molar-refractivity contribution in [2.24, 2.45) is 0 Å². The van der Waals surface area contributed by atoms with Gasteiger partial charge >= 0.3 is 12.1 Å². The van der Waals surface area contributed by atoms with Crippen LogP contribution in [0, 0.1) is 5.82 Å². The van der Waals surface area contributed by atoms with E-state index in [1.807, 2.05) is 48.5 Å². The third kappa shape index (κ3) is 5.24. The van der Waals surface area contributed by atoms with Crippen LogP contribution < -0.4 is 10.6 Å². The molecule has 0 aromatic heterocycles. The molecule has 0 radical (unpaired) electrons. The second kappa shape index (κ2) is 10.3. The summed E-state index contributed by atoms with van der Waals surface area (Å²) in [6.07, 6.45) is -1.54. The molecule has 1 aliphatic rings. The van der Waals surface area contributed by atoms with Crippen LogP contribution in [0.1, 0.15) is 29.9 Å². The smallest absolute Gasteiger partial charge is 0.407 e. The van der Waals surface area contributed by atoms with Crippen molar-refractivity contribution in [1.82, 2.24) is 5.32 Å². The summed E-state index contributed by atoms with van der Waals surface area (Å²) in [5.41, 5.74) is 3.95. The molecule has 0 heterocycles. The molecule has 0 fully saturated rings. The second-order valence-electron chi connectivity index (χ2n) is 8.08. The van der Waals surface area contributed by atoms with Gasteiger partial charge in [-0.2, -0.15) is 0 Å².